The monoisotopic (exact) mass is 460 g/mol. The molecule has 0 unspecified atom stereocenters. The number of hydrogen-bond donors (Lipinski definition) is 0. The summed E-state index contributed by atoms with van der Waals surface area (Å²) in [5.74, 6) is 0. The highest BCUT2D eigenvalue weighted by atomic mass is 32.1. The molecular formula is C30H52OS. The van der Waals surface area contributed by atoms with Crippen LogP contribution >= 0.6 is 12.2 Å². The van der Waals surface area contributed by atoms with Crippen LogP contribution in [0.2, 0.25) is 0 Å². The number of hydrogen-bond acceptors (Lipinski definition) is 2. The van der Waals surface area contributed by atoms with Gasteiger partial charge in [0.05, 0.1) is 6.61 Å². The molecule has 2 heteroatoms. The lowest BCUT2D eigenvalue weighted by Crippen LogP contribution is -2.05. The Hall–Kier alpha value is -0.890. The molecule has 1 aromatic rings. The zero-order valence-electron chi connectivity index (χ0n) is 21.7. The van der Waals surface area contributed by atoms with Crippen LogP contribution in [0.5, 0.6) is 0 Å². The third-order valence-electron chi connectivity index (χ3n) is 6.38. The molecule has 1 rings (SSSR count). The fraction of sp³-hybridized carbons (Fsp3) is 0.767. The Kier molecular flexibility index (Phi) is 18.8. The van der Waals surface area contributed by atoms with Gasteiger partial charge in [-0.3, -0.25) is 0 Å². The largest absolute Gasteiger partial charge is 0.487 e. The minimum absolute atomic E-state index is 0.797. The summed E-state index contributed by atoms with van der Waals surface area (Å²) in [5.41, 5.74) is 4.44. The van der Waals surface area contributed by atoms with Crippen molar-refractivity contribution in [3.05, 3.63) is 34.9 Å². The summed E-state index contributed by atoms with van der Waals surface area (Å²) in [4.78, 5) is 0. The van der Waals surface area contributed by atoms with Crippen molar-refractivity contribution in [2.75, 3.05) is 6.61 Å². The normalized spacial score (nSPS) is 11.1. The van der Waals surface area contributed by atoms with E-state index in [4.69, 9.17) is 17.0 Å². The second-order valence-electron chi connectivity index (χ2n) is 9.62. The zero-order chi connectivity index (χ0) is 23.3. The maximum absolute atomic E-state index is 5.87. The predicted molar refractivity (Wildman–Crippen MR) is 147 cm³/mol. The van der Waals surface area contributed by atoms with Gasteiger partial charge in [-0.05, 0) is 67.4 Å². The van der Waals surface area contributed by atoms with Crippen molar-refractivity contribution in [1.82, 2.24) is 0 Å². The average Bonchev–Trinajstić information content (AvgIpc) is 2.80. The number of unbranched alkanes of at least 4 members (excludes halogenated alkanes) is 12. The minimum Gasteiger partial charge on any atom is -0.487 e. The fourth-order valence-corrected chi connectivity index (χ4v) is 4.49. The second kappa shape index (κ2) is 20.7. The highest BCUT2D eigenvalue weighted by Crippen LogP contribution is 2.17. The first-order valence-electron chi connectivity index (χ1n) is 14.0. The van der Waals surface area contributed by atoms with E-state index in [2.05, 4.69) is 39.0 Å². The molecule has 0 aliphatic carbocycles. The van der Waals surface area contributed by atoms with Crippen LogP contribution in [0.15, 0.2) is 18.2 Å². The van der Waals surface area contributed by atoms with Crippen molar-refractivity contribution in [2.24, 2.45) is 0 Å². The Morgan fingerprint density at radius 3 is 1.44 bits per heavy atom. The van der Waals surface area contributed by atoms with Gasteiger partial charge >= 0.3 is 0 Å². The predicted octanol–water partition coefficient (Wildman–Crippen LogP) is 9.96. The molecule has 0 fully saturated rings. The van der Waals surface area contributed by atoms with Gasteiger partial charge in [0.1, 0.15) is 0 Å². The summed E-state index contributed by atoms with van der Waals surface area (Å²) >= 11 is 5.52. The Morgan fingerprint density at radius 1 is 0.562 bits per heavy atom. The molecule has 0 radical (unpaired) electrons. The van der Waals surface area contributed by atoms with E-state index in [1.54, 1.807) is 0 Å². The number of benzene rings is 1. The molecule has 0 heterocycles. The average molecular weight is 461 g/mol. The van der Waals surface area contributed by atoms with Gasteiger partial charge in [0.2, 0.25) is 0 Å². The van der Waals surface area contributed by atoms with Crippen LogP contribution in [-0.4, -0.2) is 11.7 Å². The Labute approximate surface area is 206 Å². The second-order valence-corrected chi connectivity index (χ2v) is 10.1. The fourth-order valence-electron chi connectivity index (χ4n) is 4.31. The highest BCUT2D eigenvalue weighted by Gasteiger charge is 2.05. The van der Waals surface area contributed by atoms with Crippen LogP contribution in [-0.2, 0) is 24.0 Å². The van der Waals surface area contributed by atoms with Crippen molar-refractivity contribution >= 4 is 17.3 Å². The van der Waals surface area contributed by atoms with Crippen molar-refractivity contribution in [2.45, 2.75) is 143 Å². The van der Waals surface area contributed by atoms with Gasteiger partial charge < -0.3 is 4.74 Å². The molecule has 0 N–H and O–H groups in total. The number of aryl methyl sites for hydroxylation is 3. The SMILES string of the molecule is CCCCCCCCCCCCCOC(=S)CCc1cc(CCCC)cc(CCCC)c1. The van der Waals surface area contributed by atoms with E-state index >= 15 is 0 Å². The molecule has 0 spiro atoms. The van der Waals surface area contributed by atoms with Gasteiger partial charge in [-0.2, -0.15) is 0 Å². The lowest BCUT2D eigenvalue weighted by Gasteiger charge is -2.11. The number of thiocarbonyl (C=S) groups is 1. The molecule has 0 saturated heterocycles. The molecule has 184 valence electrons. The Bertz CT molecular complexity index is 554. The lowest BCUT2D eigenvalue weighted by molar-refractivity contribution is 0.292. The third kappa shape index (κ3) is 15.8. The van der Waals surface area contributed by atoms with Gasteiger partial charge in [0.15, 0.2) is 5.05 Å². The Morgan fingerprint density at radius 2 is 0.969 bits per heavy atom. The molecule has 0 aromatic heterocycles. The van der Waals surface area contributed by atoms with E-state index in [0.717, 1.165) is 30.9 Å². The summed E-state index contributed by atoms with van der Waals surface area (Å²) in [7, 11) is 0. The molecule has 0 amide bonds. The van der Waals surface area contributed by atoms with Gasteiger partial charge in [0.25, 0.3) is 0 Å². The summed E-state index contributed by atoms with van der Waals surface area (Å²) < 4.78 is 5.87. The molecule has 0 saturated carbocycles. The van der Waals surface area contributed by atoms with Crippen molar-refractivity contribution in [3.8, 4) is 0 Å². The van der Waals surface area contributed by atoms with Crippen LogP contribution in [0.3, 0.4) is 0 Å². The van der Waals surface area contributed by atoms with Crippen LogP contribution in [0.1, 0.15) is 140 Å². The first-order chi connectivity index (χ1) is 15.7. The quantitative estimate of drug-likeness (QED) is 0.133. The summed E-state index contributed by atoms with van der Waals surface area (Å²) in [6.45, 7) is 7.63. The van der Waals surface area contributed by atoms with Crippen LogP contribution in [0.4, 0.5) is 0 Å². The lowest BCUT2D eigenvalue weighted by atomic mass is 9.97. The van der Waals surface area contributed by atoms with E-state index < -0.39 is 0 Å². The van der Waals surface area contributed by atoms with E-state index in [1.165, 1.54) is 119 Å². The smallest absolute Gasteiger partial charge is 0.159 e. The zero-order valence-corrected chi connectivity index (χ0v) is 22.5. The summed E-state index contributed by atoms with van der Waals surface area (Å²) in [6, 6.07) is 7.23. The van der Waals surface area contributed by atoms with Crippen molar-refractivity contribution in [1.29, 1.82) is 0 Å². The summed E-state index contributed by atoms with van der Waals surface area (Å²) in [6.07, 6.45) is 24.4. The van der Waals surface area contributed by atoms with Crippen LogP contribution < -0.4 is 0 Å². The first-order valence-corrected chi connectivity index (χ1v) is 14.4. The molecule has 1 aromatic carbocycles. The molecular weight excluding hydrogens is 408 g/mol. The Balaban J connectivity index is 2.16. The van der Waals surface area contributed by atoms with Gasteiger partial charge in [-0.25, -0.2) is 0 Å². The molecule has 1 nitrogen and oxygen atoms in total. The summed E-state index contributed by atoms with van der Waals surface area (Å²) in [5, 5.41) is 0.797. The van der Waals surface area contributed by atoms with Crippen molar-refractivity contribution in [3.63, 3.8) is 0 Å². The first kappa shape index (κ1) is 29.1. The molecule has 32 heavy (non-hydrogen) atoms. The van der Waals surface area contributed by atoms with E-state index in [1.807, 2.05) is 0 Å². The van der Waals surface area contributed by atoms with Gasteiger partial charge in [0, 0.05) is 6.42 Å². The maximum Gasteiger partial charge on any atom is 0.159 e. The minimum atomic E-state index is 0.797. The standard InChI is InChI=1S/C30H52OS/c1-4-7-10-11-12-13-14-15-16-17-18-23-31-30(32)22-21-29-25-27(19-8-5-2)24-28(26-29)20-9-6-3/h24-26H,4-23H2,1-3H3. The highest BCUT2D eigenvalue weighted by molar-refractivity contribution is 7.80. The van der Waals surface area contributed by atoms with E-state index in [9.17, 15) is 0 Å². The molecule has 0 aliphatic heterocycles. The van der Waals surface area contributed by atoms with Crippen LogP contribution in [0, 0.1) is 0 Å². The van der Waals surface area contributed by atoms with Gasteiger partial charge in [-0.15, -0.1) is 0 Å². The third-order valence-corrected chi connectivity index (χ3v) is 6.70. The number of ether oxygens (including phenoxy) is 1. The van der Waals surface area contributed by atoms with Crippen LogP contribution in [0.25, 0.3) is 0 Å². The topological polar surface area (TPSA) is 9.23 Å². The van der Waals surface area contributed by atoms with Crippen molar-refractivity contribution < 1.29 is 4.74 Å². The van der Waals surface area contributed by atoms with E-state index in [-0.39, 0.29) is 0 Å². The van der Waals surface area contributed by atoms with Gasteiger partial charge in [-0.1, -0.05) is 116 Å². The molecule has 0 atom stereocenters. The molecule has 0 aliphatic rings. The molecule has 0 bridgehead atoms. The number of rotatable bonds is 21. The maximum atomic E-state index is 5.87. The van der Waals surface area contributed by atoms with E-state index in [0.29, 0.717) is 0 Å².